The molecule has 628 valence electrons. The van der Waals surface area contributed by atoms with Crippen LogP contribution in [0.4, 0.5) is 0 Å². The second kappa shape index (κ2) is 45.6. The first kappa shape index (κ1) is 92.6. The number of rotatable bonds is 38. The zero-order chi connectivity index (χ0) is 85.3. The molecular formula is C77H105N19O19S. The van der Waals surface area contributed by atoms with Crippen molar-refractivity contribution in [3.8, 4) is 5.75 Å². The Balaban J connectivity index is 1.43. The number of aliphatic hydroxyl groups excluding tert-OH is 1. The van der Waals surface area contributed by atoms with Crippen molar-refractivity contribution in [1.29, 1.82) is 0 Å². The third-order valence-electron chi connectivity index (χ3n) is 18.5. The molecular weight excluding hydrogens is 1530 g/mol. The molecule has 25 N–H and O–H groups in total. The van der Waals surface area contributed by atoms with Gasteiger partial charge in [0.1, 0.15) is 78.3 Å². The smallest absolute Gasteiger partial charge is 0.245 e. The van der Waals surface area contributed by atoms with Crippen molar-refractivity contribution in [2.45, 2.75) is 190 Å². The molecule has 1 aliphatic rings. The zero-order valence-electron chi connectivity index (χ0n) is 65.1. The predicted molar refractivity (Wildman–Crippen MR) is 425 cm³/mol. The number of hydrogen-bond acceptors (Lipinski definition) is 21. The van der Waals surface area contributed by atoms with E-state index in [1.165, 1.54) is 20.8 Å². The lowest BCUT2D eigenvalue weighted by molar-refractivity contribution is -0.137. The summed E-state index contributed by atoms with van der Waals surface area (Å²) in [5.74, 6) is -16.2. The molecule has 1 aromatic heterocycles. The van der Waals surface area contributed by atoms with E-state index in [-0.39, 0.29) is 76.3 Å². The molecule has 0 bridgehead atoms. The number of aromatic amines is 1. The zero-order valence-corrected chi connectivity index (χ0v) is 65.9. The Labute approximate surface area is 672 Å². The number of carbonyl (C=O) groups excluding carboxylic acids is 17. The molecule has 38 nitrogen and oxygen atoms in total. The van der Waals surface area contributed by atoms with Gasteiger partial charge in [0.2, 0.25) is 100 Å². The monoisotopic (exact) mass is 1630 g/mol. The van der Waals surface area contributed by atoms with Crippen LogP contribution in [0.1, 0.15) is 116 Å². The van der Waals surface area contributed by atoms with Gasteiger partial charge in [-0.25, -0.2) is 0 Å². The summed E-state index contributed by atoms with van der Waals surface area (Å²) in [6, 6.07) is 9.16. The van der Waals surface area contributed by atoms with Gasteiger partial charge >= 0.3 is 0 Å². The fourth-order valence-corrected chi connectivity index (χ4v) is 13.3. The van der Waals surface area contributed by atoms with Gasteiger partial charge in [0.05, 0.1) is 12.6 Å². The lowest BCUT2D eigenvalue weighted by Crippen LogP contribution is -2.63. The van der Waals surface area contributed by atoms with E-state index in [1.807, 2.05) is 18.2 Å². The highest BCUT2D eigenvalue weighted by molar-refractivity contribution is 7.99. The first-order chi connectivity index (χ1) is 55.0. The van der Waals surface area contributed by atoms with E-state index in [4.69, 9.17) is 33.4 Å². The lowest BCUT2D eigenvalue weighted by Gasteiger charge is -2.31. The van der Waals surface area contributed by atoms with Crippen LogP contribution in [0.3, 0.4) is 0 Å². The van der Waals surface area contributed by atoms with Crippen LogP contribution in [0.25, 0.3) is 21.7 Å². The Kier molecular flexibility index (Phi) is 36.4. The van der Waals surface area contributed by atoms with Gasteiger partial charge in [-0.1, -0.05) is 72.8 Å². The Bertz CT molecular complexity index is 4370. The van der Waals surface area contributed by atoms with Crippen LogP contribution in [0.2, 0.25) is 0 Å². The van der Waals surface area contributed by atoms with Crippen molar-refractivity contribution in [1.82, 2.24) is 74.1 Å². The summed E-state index contributed by atoms with van der Waals surface area (Å²) >= 11 is 0.931. The average Bonchev–Trinajstić information content (AvgIpc) is 1.68. The summed E-state index contributed by atoms with van der Waals surface area (Å²) in [7, 11) is 0. The van der Waals surface area contributed by atoms with Crippen LogP contribution < -0.4 is 103 Å². The first-order valence-electron chi connectivity index (χ1n) is 37.7. The number of unbranched alkanes of at least 4 members (excludes halogenated alkanes) is 1. The first-order valence-corrected chi connectivity index (χ1v) is 38.8. The van der Waals surface area contributed by atoms with E-state index in [9.17, 15) is 67.4 Å². The van der Waals surface area contributed by atoms with Crippen molar-refractivity contribution in [3.05, 3.63) is 114 Å². The molecule has 1 saturated heterocycles. The summed E-state index contributed by atoms with van der Waals surface area (Å²) in [4.78, 5) is 238. The molecule has 5 aromatic rings. The number of benzene rings is 4. The molecule has 116 heavy (non-hydrogen) atoms. The van der Waals surface area contributed by atoms with E-state index in [0.717, 1.165) is 36.4 Å². The van der Waals surface area contributed by atoms with Crippen molar-refractivity contribution in [2.24, 2.45) is 28.7 Å². The summed E-state index contributed by atoms with van der Waals surface area (Å²) in [6.07, 6.45) is -3.81. The van der Waals surface area contributed by atoms with E-state index in [2.05, 4.69) is 74.1 Å². The Hall–Kier alpha value is -12.3. The van der Waals surface area contributed by atoms with Crippen molar-refractivity contribution < 1.29 is 91.4 Å². The highest BCUT2D eigenvalue weighted by Crippen LogP contribution is 2.23. The van der Waals surface area contributed by atoms with Gasteiger partial charge in [0.15, 0.2) is 0 Å². The number of hydrogen-bond donors (Lipinski definition) is 20. The maximum atomic E-state index is 15.6. The number of aromatic nitrogens is 1. The third kappa shape index (κ3) is 30.6. The van der Waals surface area contributed by atoms with Crippen molar-refractivity contribution in [3.63, 3.8) is 0 Å². The molecule has 6 rings (SSSR count). The van der Waals surface area contributed by atoms with Gasteiger partial charge in [0, 0.05) is 88.3 Å². The largest absolute Gasteiger partial charge is 0.492 e. The van der Waals surface area contributed by atoms with Crippen molar-refractivity contribution >= 4 is 134 Å². The molecule has 0 spiro atoms. The minimum atomic E-state index is -1.99. The highest BCUT2D eigenvalue weighted by atomic mass is 32.2. The fourth-order valence-electron chi connectivity index (χ4n) is 12.3. The molecule has 4 aromatic carbocycles. The quantitative estimate of drug-likeness (QED) is 0.0166. The van der Waals surface area contributed by atoms with Gasteiger partial charge < -0.3 is 113 Å². The second-order valence-corrected chi connectivity index (χ2v) is 29.7. The normalized spacial score (nSPS) is 18.5. The molecule has 0 aliphatic carbocycles. The standard InChI is InChI=1S/C77H105N19O19S/c1-41(97)65-75(113)92-59(37-48-38-84-51-15-9-8-14-50(48)51)72(110)89-54(24-27-62(80)101)68(106)93-60(40-116-33-29-56(86-43(3)99)69(107)88-55(70(108)95-65)25-28-63(81)102)73(111)90-57(35-44-18-21-49(22-19-44)115-32-30-78)71(109)91-58(36-45-17-20-46-12-6-7-13-47(46)34-45)74(112)96-77(4,5)76(114)94-52(16-10-11-31-83-42(2)98)67(105)87-53(23-26-61(79)100)66(104)85-39-64(82)103/h6-9,12-15,17-22,34,38,41,52-60,65,84,97H,10-11,16,23-33,35-37,39-40,78H2,1-5H3,(H2,79,100)(H2,80,101)(H2,81,102)(H2,82,103)(H,83,98)(H,85,104)(H,86,99)(H,87,105)(H,88,107)(H,89,110)(H,90,111)(H,91,109)(H,92,113)(H,93,106)(H,94,114)(H,95,108)(H,96,112)/t41-,52+,53+,54+,55+,56+,57+,58+,59+,60+,65+/m1/s1. The SMILES string of the molecule is CC(=O)NCCCC[C@H](NC(=O)C(C)(C)NC(=O)[C@H](Cc1ccc2ccccc2c1)NC(=O)[C@H](Cc1ccc(OCCN)cc1)NC(=O)[C@@H]1CSCC[C@H](NC(C)=O)C(=O)N[C@@H](CCC(N)=O)C(=O)N[C@@H]([C@@H](C)O)C(=O)N[C@@H](Cc2c[nH]c3ccccc23)C(=O)N[C@@H](CCC(N)=O)C(=O)N1)C(=O)N[C@@H](CCC(N)=O)C(=O)NCC(N)=O. The maximum absolute atomic E-state index is 15.6. The lowest BCUT2D eigenvalue weighted by atomic mass is 9.97. The highest BCUT2D eigenvalue weighted by Gasteiger charge is 2.40. The van der Waals surface area contributed by atoms with Crippen LogP contribution in [0.15, 0.2) is 97.2 Å². The molecule has 17 amide bonds. The molecule has 1 aliphatic heterocycles. The van der Waals surface area contributed by atoms with Crippen LogP contribution in [-0.2, 0) is 101 Å². The molecule has 1 fully saturated rings. The Morgan fingerprint density at radius 2 is 1.16 bits per heavy atom. The Morgan fingerprint density at radius 3 is 1.80 bits per heavy atom. The number of nitrogens with two attached hydrogens (primary N) is 5. The van der Waals surface area contributed by atoms with Gasteiger partial charge in [-0.15, -0.1) is 0 Å². The molecule has 2 heterocycles. The molecule has 0 saturated carbocycles. The number of aliphatic hydroxyl groups is 1. The van der Waals surface area contributed by atoms with Gasteiger partial charge in [0.25, 0.3) is 0 Å². The molecule has 0 unspecified atom stereocenters. The van der Waals surface area contributed by atoms with E-state index < -0.39 is 211 Å². The summed E-state index contributed by atoms with van der Waals surface area (Å²) < 4.78 is 5.71. The average molecular weight is 1630 g/mol. The number of para-hydroxylation sites is 1. The predicted octanol–water partition coefficient (Wildman–Crippen LogP) is -4.33. The van der Waals surface area contributed by atoms with Crippen LogP contribution in [0, 0.1) is 0 Å². The van der Waals surface area contributed by atoms with Gasteiger partial charge in [-0.05, 0) is 117 Å². The number of H-pyrrole nitrogens is 1. The third-order valence-corrected chi connectivity index (χ3v) is 19.6. The van der Waals surface area contributed by atoms with Gasteiger partial charge in [-0.2, -0.15) is 11.8 Å². The summed E-state index contributed by atoms with van der Waals surface area (Å²) in [5.41, 5.74) is 27.4. The van der Waals surface area contributed by atoms with E-state index >= 15 is 19.2 Å². The number of primary amides is 4. The second-order valence-electron chi connectivity index (χ2n) is 28.5. The van der Waals surface area contributed by atoms with Gasteiger partial charge in [-0.3, -0.25) is 81.5 Å². The molecule has 0 radical (unpaired) electrons. The van der Waals surface area contributed by atoms with Crippen LogP contribution >= 0.6 is 11.8 Å². The summed E-state index contributed by atoms with van der Waals surface area (Å²) in [6.45, 7) is 5.95. The number of fused-ring (bicyclic) bond motifs is 2. The number of thioether (sulfide) groups is 1. The number of nitrogens with one attached hydrogen (secondary N) is 14. The minimum Gasteiger partial charge on any atom is -0.492 e. The summed E-state index contributed by atoms with van der Waals surface area (Å²) in [5, 5.41) is 46.6. The minimum absolute atomic E-state index is 0.122. The number of ether oxygens (including phenoxy) is 1. The van der Waals surface area contributed by atoms with Crippen LogP contribution in [0.5, 0.6) is 5.75 Å². The number of carbonyl (C=O) groups is 17. The maximum Gasteiger partial charge on any atom is 0.245 e. The van der Waals surface area contributed by atoms with E-state index in [0.29, 0.717) is 39.8 Å². The fraction of sp³-hybridized carbons (Fsp3) is 0.468. The van der Waals surface area contributed by atoms with Crippen LogP contribution in [-0.4, -0.2) is 220 Å². The van der Waals surface area contributed by atoms with Crippen molar-refractivity contribution in [2.75, 3.05) is 37.7 Å². The Morgan fingerprint density at radius 1 is 0.586 bits per heavy atom. The topological polar surface area (TPSA) is 622 Å². The molecule has 39 heteroatoms. The van der Waals surface area contributed by atoms with E-state index in [1.54, 1.807) is 79.0 Å². The number of amides is 17. The molecule has 11 atom stereocenters.